The largest absolute Gasteiger partial charge is 0.433 e. The van der Waals surface area contributed by atoms with Crippen molar-refractivity contribution in [2.24, 2.45) is 0 Å². The number of urea groups is 1. The number of hydrogen-bond donors (Lipinski definition) is 1. The van der Waals surface area contributed by atoms with Gasteiger partial charge in [-0.15, -0.1) is 0 Å². The van der Waals surface area contributed by atoms with Crippen LogP contribution in [0.3, 0.4) is 0 Å². The van der Waals surface area contributed by atoms with E-state index in [0.717, 1.165) is 6.07 Å². The summed E-state index contributed by atoms with van der Waals surface area (Å²) in [5.74, 6) is 0. The molecule has 7 nitrogen and oxygen atoms in total. The molecule has 1 aliphatic rings. The number of pyridine rings is 2. The molecule has 0 bridgehead atoms. The minimum Gasteiger partial charge on any atom is -0.338 e. The van der Waals surface area contributed by atoms with Crippen molar-refractivity contribution in [1.82, 2.24) is 24.7 Å². The SMILES string of the molecule is CCNC(=O)N1CCN(CCn2ccc3nc(C(F)(F)F)ccc3c2=O)CC1. The highest BCUT2D eigenvalue weighted by Crippen LogP contribution is 2.28. The molecule has 0 saturated carbocycles. The number of carbonyl (C=O) groups excluding carboxylic acids is 1. The van der Waals surface area contributed by atoms with Gasteiger partial charge in [-0.05, 0) is 25.1 Å². The Balaban J connectivity index is 1.63. The summed E-state index contributed by atoms with van der Waals surface area (Å²) in [5.41, 5.74) is -1.34. The van der Waals surface area contributed by atoms with Crippen LogP contribution in [0.4, 0.5) is 18.0 Å². The van der Waals surface area contributed by atoms with Crippen molar-refractivity contribution in [2.75, 3.05) is 39.3 Å². The normalized spacial score (nSPS) is 15.8. The Morgan fingerprint density at radius 1 is 1.14 bits per heavy atom. The average Bonchev–Trinajstić information content (AvgIpc) is 2.67. The number of fused-ring (bicyclic) bond motifs is 1. The van der Waals surface area contributed by atoms with Gasteiger partial charge >= 0.3 is 12.2 Å². The molecule has 10 heteroatoms. The van der Waals surface area contributed by atoms with E-state index in [9.17, 15) is 22.8 Å². The summed E-state index contributed by atoms with van der Waals surface area (Å²) >= 11 is 0. The summed E-state index contributed by atoms with van der Waals surface area (Å²) in [6, 6.07) is 3.36. The molecular weight excluding hydrogens is 375 g/mol. The number of alkyl halides is 3. The first kappa shape index (κ1) is 20.1. The van der Waals surface area contributed by atoms with Gasteiger partial charge in [-0.1, -0.05) is 0 Å². The maximum atomic E-state index is 12.8. The molecule has 0 radical (unpaired) electrons. The van der Waals surface area contributed by atoms with Gasteiger partial charge in [-0.2, -0.15) is 13.2 Å². The van der Waals surface area contributed by atoms with E-state index in [2.05, 4.69) is 15.2 Å². The van der Waals surface area contributed by atoms with Crippen LogP contribution in [0.25, 0.3) is 10.9 Å². The lowest BCUT2D eigenvalue weighted by Gasteiger charge is -2.34. The Labute approximate surface area is 159 Å². The zero-order valence-corrected chi connectivity index (χ0v) is 15.5. The summed E-state index contributed by atoms with van der Waals surface area (Å²) in [7, 11) is 0. The van der Waals surface area contributed by atoms with Crippen molar-refractivity contribution < 1.29 is 18.0 Å². The molecule has 0 aliphatic carbocycles. The van der Waals surface area contributed by atoms with Gasteiger partial charge < -0.3 is 14.8 Å². The third-order valence-electron chi connectivity index (χ3n) is 4.76. The second-order valence-electron chi connectivity index (χ2n) is 6.61. The molecule has 1 saturated heterocycles. The molecule has 2 aromatic rings. The first-order chi connectivity index (χ1) is 13.3. The molecule has 0 unspecified atom stereocenters. The van der Waals surface area contributed by atoms with Crippen molar-refractivity contribution in [2.45, 2.75) is 19.6 Å². The van der Waals surface area contributed by atoms with E-state index in [4.69, 9.17) is 0 Å². The Kier molecular flexibility index (Phi) is 5.87. The second kappa shape index (κ2) is 8.17. The van der Waals surface area contributed by atoms with Crippen LogP contribution in [-0.4, -0.2) is 64.7 Å². The fourth-order valence-electron chi connectivity index (χ4n) is 3.19. The van der Waals surface area contributed by atoms with Gasteiger partial charge in [-0.3, -0.25) is 9.69 Å². The number of aromatic nitrogens is 2. The lowest BCUT2D eigenvalue weighted by molar-refractivity contribution is -0.140. The van der Waals surface area contributed by atoms with Crippen molar-refractivity contribution in [3.8, 4) is 0 Å². The van der Waals surface area contributed by atoms with Crippen LogP contribution in [0.5, 0.6) is 0 Å². The summed E-state index contributed by atoms with van der Waals surface area (Å²) in [5, 5.41) is 2.94. The highest BCUT2D eigenvalue weighted by atomic mass is 19.4. The average molecular weight is 397 g/mol. The first-order valence-corrected chi connectivity index (χ1v) is 9.12. The van der Waals surface area contributed by atoms with Crippen LogP contribution in [0.2, 0.25) is 0 Å². The Hall–Kier alpha value is -2.62. The van der Waals surface area contributed by atoms with E-state index >= 15 is 0 Å². The van der Waals surface area contributed by atoms with Crippen LogP contribution >= 0.6 is 0 Å². The van der Waals surface area contributed by atoms with E-state index < -0.39 is 11.9 Å². The van der Waals surface area contributed by atoms with E-state index in [1.165, 1.54) is 22.9 Å². The number of nitrogens with zero attached hydrogens (tertiary/aromatic N) is 4. The quantitative estimate of drug-likeness (QED) is 0.854. The maximum absolute atomic E-state index is 12.8. The van der Waals surface area contributed by atoms with Crippen molar-refractivity contribution >= 4 is 16.9 Å². The minimum atomic E-state index is -4.54. The first-order valence-electron chi connectivity index (χ1n) is 9.12. The molecule has 0 aromatic carbocycles. The van der Waals surface area contributed by atoms with Gasteiger partial charge in [-0.25, -0.2) is 9.78 Å². The van der Waals surface area contributed by atoms with Gasteiger partial charge in [0.2, 0.25) is 0 Å². The van der Waals surface area contributed by atoms with Crippen LogP contribution in [0.1, 0.15) is 12.6 Å². The summed E-state index contributed by atoms with van der Waals surface area (Å²) < 4.78 is 39.8. The van der Waals surface area contributed by atoms with Crippen molar-refractivity contribution in [1.29, 1.82) is 0 Å². The van der Waals surface area contributed by atoms with Gasteiger partial charge in [0.05, 0.1) is 10.9 Å². The van der Waals surface area contributed by atoms with E-state index in [-0.39, 0.29) is 22.5 Å². The molecule has 2 aromatic heterocycles. The van der Waals surface area contributed by atoms with Gasteiger partial charge in [0.15, 0.2) is 0 Å². The number of piperazine rings is 1. The number of amides is 2. The number of halogens is 3. The summed E-state index contributed by atoms with van der Waals surface area (Å²) in [6.45, 7) is 6.12. The molecule has 152 valence electrons. The lowest BCUT2D eigenvalue weighted by atomic mass is 10.2. The van der Waals surface area contributed by atoms with Crippen LogP contribution < -0.4 is 10.9 Å². The number of nitrogens with one attached hydrogen (secondary N) is 1. The lowest BCUT2D eigenvalue weighted by Crippen LogP contribution is -2.52. The van der Waals surface area contributed by atoms with E-state index in [1.807, 2.05) is 6.92 Å². The van der Waals surface area contributed by atoms with Crippen LogP contribution in [0.15, 0.2) is 29.2 Å². The third kappa shape index (κ3) is 4.44. The zero-order chi connectivity index (χ0) is 20.3. The maximum Gasteiger partial charge on any atom is 0.433 e. The zero-order valence-electron chi connectivity index (χ0n) is 15.5. The highest BCUT2D eigenvalue weighted by Gasteiger charge is 2.32. The van der Waals surface area contributed by atoms with Crippen molar-refractivity contribution in [3.63, 3.8) is 0 Å². The Bertz CT molecular complexity index is 904. The summed E-state index contributed by atoms with van der Waals surface area (Å²) in [6.07, 6.45) is -3.07. The Morgan fingerprint density at radius 2 is 1.86 bits per heavy atom. The standard InChI is InChI=1S/C18H22F3N5O2/c1-2-22-17(28)26-11-8-24(9-12-26)7-10-25-6-5-14-13(16(25)27)3-4-15(23-14)18(19,20)21/h3-6H,2,7-12H2,1H3,(H,22,28). The monoisotopic (exact) mass is 397 g/mol. The number of carbonyl (C=O) groups is 1. The fourth-order valence-corrected chi connectivity index (χ4v) is 3.19. The molecular formula is C18H22F3N5O2. The molecule has 1 fully saturated rings. The third-order valence-corrected chi connectivity index (χ3v) is 4.76. The fraction of sp³-hybridized carbons (Fsp3) is 0.500. The molecule has 2 amide bonds. The van der Waals surface area contributed by atoms with Crippen molar-refractivity contribution in [3.05, 3.63) is 40.4 Å². The highest BCUT2D eigenvalue weighted by molar-refractivity contribution is 5.77. The predicted octanol–water partition coefficient (Wildman–Crippen LogP) is 1.76. The van der Waals surface area contributed by atoms with Crippen LogP contribution in [-0.2, 0) is 12.7 Å². The minimum absolute atomic E-state index is 0.0339. The smallest absolute Gasteiger partial charge is 0.338 e. The molecule has 3 rings (SSSR count). The van der Waals surface area contributed by atoms with Gasteiger partial charge in [0.25, 0.3) is 5.56 Å². The van der Waals surface area contributed by atoms with Crippen LogP contribution in [0, 0.1) is 0 Å². The van der Waals surface area contributed by atoms with E-state index in [0.29, 0.717) is 45.8 Å². The predicted molar refractivity (Wildman–Crippen MR) is 98.1 cm³/mol. The molecule has 28 heavy (non-hydrogen) atoms. The topological polar surface area (TPSA) is 70.5 Å². The molecule has 0 atom stereocenters. The van der Waals surface area contributed by atoms with Gasteiger partial charge in [0, 0.05) is 52.0 Å². The number of rotatable bonds is 4. The summed E-state index contributed by atoms with van der Waals surface area (Å²) in [4.78, 5) is 31.8. The van der Waals surface area contributed by atoms with E-state index in [1.54, 1.807) is 4.90 Å². The molecule has 3 heterocycles. The second-order valence-corrected chi connectivity index (χ2v) is 6.61. The number of hydrogen-bond acceptors (Lipinski definition) is 4. The molecule has 1 aliphatic heterocycles. The molecule has 0 spiro atoms. The van der Waals surface area contributed by atoms with Gasteiger partial charge in [0.1, 0.15) is 5.69 Å². The molecule has 1 N–H and O–H groups in total. The Morgan fingerprint density at radius 3 is 2.50 bits per heavy atom.